The van der Waals surface area contributed by atoms with E-state index in [4.69, 9.17) is 24.5 Å². The summed E-state index contributed by atoms with van der Waals surface area (Å²) in [5.41, 5.74) is 3.85. The third-order valence-electron chi connectivity index (χ3n) is 5.38. The van der Waals surface area contributed by atoms with Crippen LogP contribution in [0.2, 0.25) is 0 Å². The van der Waals surface area contributed by atoms with Crippen LogP contribution in [-0.2, 0) is 28.7 Å². The van der Waals surface area contributed by atoms with E-state index in [0.29, 0.717) is 0 Å². The lowest BCUT2D eigenvalue weighted by molar-refractivity contribution is -0.155. The van der Waals surface area contributed by atoms with Gasteiger partial charge in [0.2, 0.25) is 5.71 Å². The summed E-state index contributed by atoms with van der Waals surface area (Å²) >= 11 is 1.22. The first kappa shape index (κ1) is 27.0. The van der Waals surface area contributed by atoms with E-state index in [-0.39, 0.29) is 41.7 Å². The van der Waals surface area contributed by atoms with E-state index in [0.717, 1.165) is 4.90 Å². The van der Waals surface area contributed by atoms with Crippen LogP contribution in [-0.4, -0.2) is 95.4 Å². The van der Waals surface area contributed by atoms with Crippen LogP contribution in [0.25, 0.3) is 0 Å². The number of nitrogens with one attached hydrogen (secondary N) is 1. The molecule has 36 heavy (non-hydrogen) atoms. The van der Waals surface area contributed by atoms with Crippen LogP contribution in [0.1, 0.15) is 12.7 Å². The molecule has 3 heterocycles. The van der Waals surface area contributed by atoms with Gasteiger partial charge in [-0.25, -0.2) is 9.59 Å². The molecular formula is C21H26N4O10S. The number of furan rings is 1. The minimum absolute atomic E-state index is 0.125. The van der Waals surface area contributed by atoms with Crippen molar-refractivity contribution in [1.82, 2.24) is 10.2 Å². The Hall–Kier alpha value is -3.56. The number of aliphatic hydroxyl groups excluding tert-OH is 2. The van der Waals surface area contributed by atoms with Crippen molar-refractivity contribution in [2.45, 2.75) is 18.3 Å². The van der Waals surface area contributed by atoms with Gasteiger partial charge in [-0.1, -0.05) is 12.1 Å². The first-order valence-electron chi connectivity index (χ1n) is 10.6. The topological polar surface area (TPSA) is 203 Å². The predicted octanol–water partition coefficient (Wildman–Crippen LogP) is -1.09. The third-order valence-corrected chi connectivity index (χ3v) is 6.72. The highest BCUT2D eigenvalue weighted by atomic mass is 32.2. The van der Waals surface area contributed by atoms with Crippen LogP contribution < -0.4 is 11.1 Å². The molecule has 3 rings (SSSR count). The molecule has 2 aliphatic heterocycles. The molecule has 0 aromatic carbocycles. The Kier molecular flexibility index (Phi) is 8.60. The number of aliphatic hydroxyl groups is 2. The second-order valence-corrected chi connectivity index (χ2v) is 9.33. The number of carbonyl (C=O) groups is 4. The summed E-state index contributed by atoms with van der Waals surface area (Å²) in [6, 6.07) is 2.04. The normalized spacial score (nSPS) is 19.8. The Balaban J connectivity index is 1.80. The zero-order chi connectivity index (χ0) is 26.5. The molecule has 1 fully saturated rings. The molecule has 5 N–H and O–H groups in total. The molecular weight excluding hydrogens is 500 g/mol. The number of hydrogen-bond donors (Lipinski definition) is 4. The number of primary amides is 1. The van der Waals surface area contributed by atoms with E-state index >= 15 is 0 Å². The number of nitrogens with zero attached hydrogens (tertiary/aromatic N) is 2. The maximum absolute atomic E-state index is 13.1. The van der Waals surface area contributed by atoms with Crippen molar-refractivity contribution in [2.24, 2.45) is 16.3 Å². The van der Waals surface area contributed by atoms with E-state index in [1.165, 1.54) is 38.1 Å². The van der Waals surface area contributed by atoms with Gasteiger partial charge in [0.1, 0.15) is 37.4 Å². The van der Waals surface area contributed by atoms with E-state index in [1.54, 1.807) is 6.07 Å². The second kappa shape index (κ2) is 11.5. The predicted molar refractivity (Wildman–Crippen MR) is 123 cm³/mol. The van der Waals surface area contributed by atoms with Crippen molar-refractivity contribution in [3.63, 3.8) is 0 Å². The Morgan fingerprint density at radius 3 is 2.64 bits per heavy atom. The van der Waals surface area contributed by atoms with Crippen LogP contribution in [0.3, 0.4) is 0 Å². The molecule has 0 radical (unpaired) electrons. The lowest BCUT2D eigenvalue weighted by atomic mass is 9.94. The van der Waals surface area contributed by atoms with E-state index < -0.39 is 53.9 Å². The monoisotopic (exact) mass is 526 g/mol. The molecule has 15 heteroatoms. The Labute approximate surface area is 209 Å². The standard InChI is InChI=1S/C21H26N4O10S/c1-21(8-26,9-27)10-35-19(30)15-11(6-34-20(22)31)7-36-18-14(17(29)25(15)18)23-16(28)13(24-32-2)12-4-3-5-33-12/h3-5,14,18,26-27H,6-10H2,1-2H3,(H2,22,31)(H,23,28)/t14-,18+/m1/s1. The lowest BCUT2D eigenvalue weighted by Gasteiger charge is -2.49. The van der Waals surface area contributed by atoms with Gasteiger partial charge in [0.25, 0.3) is 11.8 Å². The minimum Gasteiger partial charge on any atom is -0.462 e. The van der Waals surface area contributed by atoms with Crippen LogP contribution in [0.4, 0.5) is 4.79 Å². The quantitative estimate of drug-likeness (QED) is 0.118. The molecule has 2 atom stereocenters. The number of β-lactam (4-membered cyclic amide) rings is 1. The highest BCUT2D eigenvalue weighted by molar-refractivity contribution is 8.00. The second-order valence-electron chi connectivity index (χ2n) is 8.22. The number of hydrogen-bond acceptors (Lipinski definition) is 12. The number of esters is 1. The van der Waals surface area contributed by atoms with Gasteiger partial charge in [-0.15, -0.1) is 11.8 Å². The molecule has 14 nitrogen and oxygen atoms in total. The van der Waals surface area contributed by atoms with Crippen molar-refractivity contribution in [3.8, 4) is 0 Å². The Morgan fingerprint density at radius 2 is 2.06 bits per heavy atom. The molecule has 2 aliphatic rings. The number of carbonyl (C=O) groups excluding carboxylic acids is 4. The van der Waals surface area contributed by atoms with Crippen LogP contribution in [0, 0.1) is 5.41 Å². The fourth-order valence-electron chi connectivity index (χ4n) is 3.30. The number of nitrogens with two attached hydrogens (primary N) is 1. The average Bonchev–Trinajstić information content (AvgIpc) is 3.41. The van der Waals surface area contributed by atoms with Gasteiger partial charge in [-0.3, -0.25) is 14.5 Å². The Bertz CT molecular complexity index is 1070. The zero-order valence-electron chi connectivity index (χ0n) is 19.5. The Morgan fingerprint density at radius 1 is 1.33 bits per heavy atom. The first-order chi connectivity index (χ1) is 17.2. The van der Waals surface area contributed by atoms with Gasteiger partial charge >= 0.3 is 12.1 Å². The highest BCUT2D eigenvalue weighted by Gasteiger charge is 2.55. The third kappa shape index (κ3) is 5.63. The number of ether oxygens (including phenoxy) is 2. The van der Waals surface area contributed by atoms with E-state index in [2.05, 4.69) is 10.5 Å². The van der Waals surface area contributed by atoms with Gasteiger partial charge in [0.05, 0.1) is 19.5 Å². The van der Waals surface area contributed by atoms with E-state index in [1.807, 2.05) is 0 Å². The summed E-state index contributed by atoms with van der Waals surface area (Å²) in [6.07, 6.45) is 0.274. The summed E-state index contributed by atoms with van der Waals surface area (Å²) in [5.74, 6) is -1.99. The molecule has 1 aromatic heterocycles. The van der Waals surface area contributed by atoms with Gasteiger partial charge in [0, 0.05) is 16.7 Å². The van der Waals surface area contributed by atoms with Gasteiger partial charge in [-0.05, 0) is 12.1 Å². The molecule has 3 amide bonds. The summed E-state index contributed by atoms with van der Waals surface area (Å²) < 4.78 is 15.3. The lowest BCUT2D eigenvalue weighted by Crippen LogP contribution is -2.71. The fourth-order valence-corrected chi connectivity index (χ4v) is 4.63. The summed E-state index contributed by atoms with van der Waals surface area (Å²) in [6.45, 7) is -0.107. The van der Waals surface area contributed by atoms with Crippen LogP contribution in [0.5, 0.6) is 0 Å². The summed E-state index contributed by atoms with van der Waals surface area (Å²) in [7, 11) is 1.25. The van der Waals surface area contributed by atoms with Crippen LogP contribution in [0.15, 0.2) is 39.2 Å². The van der Waals surface area contributed by atoms with E-state index in [9.17, 15) is 29.4 Å². The number of amides is 3. The smallest absolute Gasteiger partial charge is 0.404 e. The number of thioether (sulfide) groups is 1. The minimum atomic E-state index is -1.11. The van der Waals surface area contributed by atoms with Crippen LogP contribution >= 0.6 is 11.8 Å². The number of fused-ring (bicyclic) bond motifs is 1. The SMILES string of the molecule is CON=C(C(=O)N[C@@H]1C(=O)N2C(C(=O)OCC(C)(CO)CO)=C(COC(N)=O)CS[C@@H]12)c1ccco1. The molecule has 0 saturated carbocycles. The molecule has 0 spiro atoms. The highest BCUT2D eigenvalue weighted by Crippen LogP contribution is 2.41. The summed E-state index contributed by atoms with van der Waals surface area (Å²) in [4.78, 5) is 55.8. The average molecular weight is 527 g/mol. The van der Waals surface area contributed by atoms with Crippen molar-refractivity contribution >= 4 is 41.4 Å². The summed E-state index contributed by atoms with van der Waals surface area (Å²) in [5, 5.41) is 24.5. The maximum atomic E-state index is 13.1. The van der Waals surface area contributed by atoms with Crippen molar-refractivity contribution in [3.05, 3.63) is 35.4 Å². The number of oxime groups is 1. The molecule has 0 unspecified atom stereocenters. The number of rotatable bonds is 11. The van der Waals surface area contributed by atoms with Crippen molar-refractivity contribution in [1.29, 1.82) is 0 Å². The molecule has 1 saturated heterocycles. The van der Waals surface area contributed by atoms with Gasteiger partial charge in [-0.2, -0.15) is 0 Å². The largest absolute Gasteiger partial charge is 0.462 e. The molecule has 0 aliphatic carbocycles. The van der Waals surface area contributed by atoms with Crippen molar-refractivity contribution in [2.75, 3.05) is 39.3 Å². The maximum Gasteiger partial charge on any atom is 0.404 e. The van der Waals surface area contributed by atoms with Gasteiger partial charge < -0.3 is 40.0 Å². The zero-order valence-corrected chi connectivity index (χ0v) is 20.3. The fraction of sp³-hybridized carbons (Fsp3) is 0.476. The first-order valence-corrected chi connectivity index (χ1v) is 11.6. The molecule has 196 valence electrons. The molecule has 0 bridgehead atoms. The molecule has 1 aromatic rings. The van der Waals surface area contributed by atoms with Gasteiger partial charge in [0.15, 0.2) is 5.76 Å². The van der Waals surface area contributed by atoms with Crippen molar-refractivity contribution < 1.29 is 48.1 Å².